The van der Waals surface area contributed by atoms with Crippen LogP contribution in [0.4, 0.5) is 4.39 Å². The molecule has 114 valence electrons. The maximum atomic E-state index is 13.6. The van der Waals surface area contributed by atoms with Gasteiger partial charge in [-0.05, 0) is 98.1 Å². The van der Waals surface area contributed by atoms with Crippen LogP contribution in [0.3, 0.4) is 0 Å². The summed E-state index contributed by atoms with van der Waals surface area (Å²) in [4.78, 5) is 0. The van der Waals surface area contributed by atoms with Crippen molar-refractivity contribution in [3.8, 4) is 0 Å². The molecule has 0 amide bonds. The van der Waals surface area contributed by atoms with E-state index in [1.54, 1.807) is 12.1 Å². The second-order valence-corrected chi connectivity index (χ2v) is 7.55. The predicted molar refractivity (Wildman–Crippen MR) is 83.6 cm³/mol. The van der Waals surface area contributed by atoms with Crippen LogP contribution in [0.1, 0.15) is 48.9 Å². The molecule has 1 aromatic carbocycles. The molecule has 1 aromatic rings. The molecule has 1 N–H and O–H groups in total. The molecule has 0 aromatic heterocycles. The Morgan fingerprint density at radius 2 is 1.71 bits per heavy atom. The van der Waals surface area contributed by atoms with E-state index in [0.717, 1.165) is 47.3 Å². The summed E-state index contributed by atoms with van der Waals surface area (Å²) in [6.45, 7) is 7.32. The van der Waals surface area contributed by atoms with Gasteiger partial charge in [0.15, 0.2) is 0 Å². The van der Waals surface area contributed by atoms with Crippen molar-refractivity contribution in [1.29, 1.82) is 0 Å². The van der Waals surface area contributed by atoms with E-state index in [4.69, 9.17) is 0 Å². The van der Waals surface area contributed by atoms with Crippen molar-refractivity contribution in [1.82, 2.24) is 5.32 Å². The zero-order chi connectivity index (χ0) is 14.7. The molecule has 0 aliphatic heterocycles. The summed E-state index contributed by atoms with van der Waals surface area (Å²) in [5, 5.41) is 3.74. The zero-order valence-electron chi connectivity index (χ0n) is 13.3. The Kier molecular flexibility index (Phi) is 3.15. The van der Waals surface area contributed by atoms with Gasteiger partial charge in [-0.15, -0.1) is 0 Å². The van der Waals surface area contributed by atoms with Gasteiger partial charge in [0.1, 0.15) is 5.82 Å². The van der Waals surface area contributed by atoms with Gasteiger partial charge < -0.3 is 5.32 Å². The van der Waals surface area contributed by atoms with Crippen LogP contribution >= 0.6 is 0 Å². The lowest BCUT2D eigenvalue weighted by Gasteiger charge is -2.25. The number of halogens is 1. The first kappa shape index (κ1) is 13.8. The van der Waals surface area contributed by atoms with Crippen molar-refractivity contribution in [3.63, 3.8) is 0 Å². The molecule has 5 unspecified atom stereocenters. The first-order chi connectivity index (χ1) is 10.1. The van der Waals surface area contributed by atoms with E-state index in [0.29, 0.717) is 6.04 Å². The predicted octanol–water partition coefficient (Wildman–Crippen LogP) is 4.39. The maximum absolute atomic E-state index is 13.6. The molecule has 4 rings (SSSR count). The molecule has 0 saturated heterocycles. The lowest BCUT2D eigenvalue weighted by molar-refractivity contribution is 0.372. The molecule has 0 spiro atoms. The Balaban J connectivity index is 1.67. The van der Waals surface area contributed by atoms with Crippen LogP contribution in [-0.2, 0) is 0 Å². The van der Waals surface area contributed by atoms with Crippen molar-refractivity contribution in [2.24, 2.45) is 29.6 Å². The van der Waals surface area contributed by atoms with Gasteiger partial charge in [0.2, 0.25) is 0 Å². The van der Waals surface area contributed by atoms with Gasteiger partial charge >= 0.3 is 0 Å². The standard InChI is InChI=1S/C19H26FN/c1-4-21-19(15-10(2)7-14(20)8-11(15)3)18-16-12-5-6-13(9-12)17(16)18/h7-8,12-13,16-19,21H,4-6,9H2,1-3H3. The van der Waals surface area contributed by atoms with E-state index in [1.165, 1.54) is 24.8 Å². The minimum absolute atomic E-state index is 0.0972. The van der Waals surface area contributed by atoms with Crippen LogP contribution in [0.2, 0.25) is 0 Å². The molecule has 0 heterocycles. The summed E-state index contributed by atoms with van der Waals surface area (Å²) >= 11 is 0. The maximum Gasteiger partial charge on any atom is 0.123 e. The second kappa shape index (κ2) is 4.81. The van der Waals surface area contributed by atoms with Crippen LogP contribution in [0, 0.1) is 49.3 Å². The summed E-state index contributed by atoms with van der Waals surface area (Å²) in [5.41, 5.74) is 3.61. The van der Waals surface area contributed by atoms with E-state index in [1.807, 2.05) is 0 Å². The number of fused-ring (bicyclic) bond motifs is 5. The molecule has 2 heteroatoms. The molecular formula is C19H26FN. The van der Waals surface area contributed by atoms with Crippen LogP contribution in [-0.4, -0.2) is 6.54 Å². The third kappa shape index (κ3) is 1.98. The highest BCUT2D eigenvalue weighted by Crippen LogP contribution is 2.72. The number of hydrogen-bond acceptors (Lipinski definition) is 1. The number of rotatable bonds is 4. The van der Waals surface area contributed by atoms with Gasteiger partial charge in [0, 0.05) is 6.04 Å². The molecule has 21 heavy (non-hydrogen) atoms. The Morgan fingerprint density at radius 3 is 2.24 bits per heavy atom. The number of aryl methyl sites for hydroxylation is 2. The molecule has 1 nitrogen and oxygen atoms in total. The van der Waals surface area contributed by atoms with E-state index < -0.39 is 0 Å². The zero-order valence-corrected chi connectivity index (χ0v) is 13.3. The fourth-order valence-corrected chi connectivity index (χ4v) is 5.90. The molecular weight excluding hydrogens is 261 g/mol. The van der Waals surface area contributed by atoms with Crippen molar-refractivity contribution in [2.45, 2.75) is 46.1 Å². The summed E-state index contributed by atoms with van der Waals surface area (Å²) in [7, 11) is 0. The van der Waals surface area contributed by atoms with E-state index in [-0.39, 0.29) is 5.82 Å². The van der Waals surface area contributed by atoms with Gasteiger partial charge in [-0.2, -0.15) is 0 Å². The normalized spacial score (nSPS) is 37.6. The molecule has 3 saturated carbocycles. The van der Waals surface area contributed by atoms with E-state index in [9.17, 15) is 4.39 Å². The van der Waals surface area contributed by atoms with E-state index >= 15 is 0 Å². The Labute approximate surface area is 127 Å². The van der Waals surface area contributed by atoms with Gasteiger partial charge in [0.05, 0.1) is 0 Å². The molecule has 3 aliphatic carbocycles. The van der Waals surface area contributed by atoms with Gasteiger partial charge in [-0.3, -0.25) is 0 Å². The van der Waals surface area contributed by atoms with Crippen molar-refractivity contribution in [3.05, 3.63) is 34.6 Å². The number of hydrogen-bond donors (Lipinski definition) is 1. The number of nitrogens with one attached hydrogen (secondary N) is 1. The first-order valence-electron chi connectivity index (χ1n) is 8.61. The van der Waals surface area contributed by atoms with Gasteiger partial charge in [-0.25, -0.2) is 4.39 Å². The Morgan fingerprint density at radius 1 is 1.14 bits per heavy atom. The molecule has 0 radical (unpaired) electrons. The van der Waals surface area contributed by atoms with Crippen molar-refractivity contribution < 1.29 is 4.39 Å². The van der Waals surface area contributed by atoms with Crippen LogP contribution in [0.15, 0.2) is 12.1 Å². The fraction of sp³-hybridized carbons (Fsp3) is 0.684. The lowest BCUT2D eigenvalue weighted by Crippen LogP contribution is -2.27. The highest BCUT2D eigenvalue weighted by atomic mass is 19.1. The molecule has 3 fully saturated rings. The summed E-state index contributed by atoms with van der Waals surface area (Å²) in [5.74, 6) is 4.60. The fourth-order valence-electron chi connectivity index (χ4n) is 5.90. The minimum atomic E-state index is -0.0972. The summed E-state index contributed by atoms with van der Waals surface area (Å²) < 4.78 is 13.6. The van der Waals surface area contributed by atoms with Gasteiger partial charge in [-0.1, -0.05) is 6.92 Å². The van der Waals surface area contributed by atoms with E-state index in [2.05, 4.69) is 26.1 Å². The first-order valence-corrected chi connectivity index (χ1v) is 8.61. The van der Waals surface area contributed by atoms with Crippen LogP contribution in [0.5, 0.6) is 0 Å². The largest absolute Gasteiger partial charge is 0.310 e. The smallest absolute Gasteiger partial charge is 0.123 e. The lowest BCUT2D eigenvalue weighted by atomic mass is 9.88. The third-order valence-corrected chi connectivity index (χ3v) is 6.47. The molecule has 3 aliphatic rings. The van der Waals surface area contributed by atoms with Crippen molar-refractivity contribution in [2.75, 3.05) is 6.54 Å². The third-order valence-electron chi connectivity index (χ3n) is 6.47. The minimum Gasteiger partial charge on any atom is -0.310 e. The SMILES string of the molecule is CCNC(c1c(C)cc(F)cc1C)C1C2C3CCC(C3)C21. The monoisotopic (exact) mass is 287 g/mol. The molecule has 5 atom stereocenters. The second-order valence-electron chi connectivity index (χ2n) is 7.55. The summed E-state index contributed by atoms with van der Waals surface area (Å²) in [6, 6.07) is 3.85. The van der Waals surface area contributed by atoms with Crippen LogP contribution < -0.4 is 5.32 Å². The van der Waals surface area contributed by atoms with Crippen molar-refractivity contribution >= 4 is 0 Å². The average Bonchev–Trinajstić information content (AvgIpc) is 2.83. The summed E-state index contributed by atoms with van der Waals surface area (Å²) in [6.07, 6.45) is 4.41. The van der Waals surface area contributed by atoms with Crippen LogP contribution in [0.25, 0.3) is 0 Å². The van der Waals surface area contributed by atoms with Gasteiger partial charge in [0.25, 0.3) is 0 Å². The quantitative estimate of drug-likeness (QED) is 0.866. The topological polar surface area (TPSA) is 12.0 Å². The Hall–Kier alpha value is -0.890. The highest BCUT2D eigenvalue weighted by molar-refractivity contribution is 5.39. The average molecular weight is 287 g/mol. The number of benzene rings is 1. The molecule has 2 bridgehead atoms. The Bertz CT molecular complexity index is 528. The highest BCUT2D eigenvalue weighted by Gasteiger charge is 2.66.